The zero-order valence-electron chi connectivity index (χ0n) is 11.4. The average Bonchev–Trinajstić information content (AvgIpc) is 2.44. The van der Waals surface area contributed by atoms with Gasteiger partial charge in [0.15, 0.2) is 17.5 Å². The fourth-order valence-corrected chi connectivity index (χ4v) is 1.82. The molecule has 20 heavy (non-hydrogen) atoms. The maximum Gasteiger partial charge on any atom is 0.258 e. The van der Waals surface area contributed by atoms with Crippen molar-refractivity contribution in [1.82, 2.24) is 4.98 Å². The van der Waals surface area contributed by atoms with Crippen molar-refractivity contribution in [3.05, 3.63) is 47.5 Å². The molecule has 0 saturated carbocycles. The van der Waals surface area contributed by atoms with Crippen LogP contribution in [0.25, 0.3) is 0 Å². The minimum absolute atomic E-state index is 0.0518. The third-order valence-electron chi connectivity index (χ3n) is 2.81. The Bertz CT molecular complexity index is 585. The highest BCUT2D eigenvalue weighted by atomic mass is 19.1. The molecule has 0 bridgehead atoms. The molecule has 0 aliphatic heterocycles. The van der Waals surface area contributed by atoms with Gasteiger partial charge >= 0.3 is 0 Å². The summed E-state index contributed by atoms with van der Waals surface area (Å²) >= 11 is 0. The maximum absolute atomic E-state index is 13.6. The van der Waals surface area contributed by atoms with Gasteiger partial charge in [-0.05, 0) is 24.1 Å². The van der Waals surface area contributed by atoms with Gasteiger partial charge in [0.2, 0.25) is 0 Å². The summed E-state index contributed by atoms with van der Waals surface area (Å²) in [6.45, 7) is 2.10. The number of hydrogen-bond acceptors (Lipinski definition) is 3. The summed E-state index contributed by atoms with van der Waals surface area (Å²) in [4.78, 5) is 3.76. The number of anilines is 1. The lowest BCUT2D eigenvalue weighted by molar-refractivity contribution is 0.418. The van der Waals surface area contributed by atoms with E-state index in [1.54, 1.807) is 12.1 Å². The first-order chi connectivity index (χ1) is 9.63. The molecule has 0 fully saturated rings. The van der Waals surface area contributed by atoms with Crippen LogP contribution < -0.4 is 10.1 Å². The largest absolute Gasteiger partial charge is 0.436 e. The van der Waals surface area contributed by atoms with E-state index in [0.717, 1.165) is 18.9 Å². The molecular formula is C15H16F2N2O. The van der Waals surface area contributed by atoms with Gasteiger partial charge in [-0.25, -0.2) is 8.78 Å². The van der Waals surface area contributed by atoms with E-state index >= 15 is 0 Å². The summed E-state index contributed by atoms with van der Waals surface area (Å²) in [5.74, 6) is -1.43. The van der Waals surface area contributed by atoms with Crippen molar-refractivity contribution in [2.24, 2.45) is 0 Å². The zero-order chi connectivity index (χ0) is 14.5. The van der Waals surface area contributed by atoms with Crippen LogP contribution in [0.5, 0.6) is 11.6 Å². The van der Waals surface area contributed by atoms with Crippen LogP contribution in [0.2, 0.25) is 0 Å². The molecule has 1 aromatic carbocycles. The van der Waals surface area contributed by atoms with Gasteiger partial charge in [-0.2, -0.15) is 4.98 Å². The van der Waals surface area contributed by atoms with Gasteiger partial charge in [-0.1, -0.05) is 25.5 Å². The molecule has 0 aliphatic rings. The number of hydrogen-bond donors (Lipinski definition) is 1. The van der Waals surface area contributed by atoms with Crippen LogP contribution in [0.3, 0.4) is 0 Å². The summed E-state index contributed by atoms with van der Waals surface area (Å²) in [6.07, 6.45) is 2.03. The number of pyridine rings is 1. The van der Waals surface area contributed by atoms with E-state index in [2.05, 4.69) is 17.2 Å². The number of aromatic nitrogens is 1. The number of halogens is 2. The first-order valence-corrected chi connectivity index (χ1v) is 6.44. The first kappa shape index (κ1) is 14.2. The lowest BCUT2D eigenvalue weighted by Crippen LogP contribution is -2.01. The maximum atomic E-state index is 13.6. The van der Waals surface area contributed by atoms with Crippen molar-refractivity contribution in [3.63, 3.8) is 0 Å². The second-order valence-corrected chi connectivity index (χ2v) is 4.35. The highest BCUT2D eigenvalue weighted by Crippen LogP contribution is 2.26. The molecule has 0 radical (unpaired) electrons. The number of aryl methyl sites for hydroxylation is 1. The second-order valence-electron chi connectivity index (χ2n) is 4.35. The third-order valence-corrected chi connectivity index (χ3v) is 2.81. The van der Waals surface area contributed by atoms with Crippen molar-refractivity contribution < 1.29 is 13.5 Å². The van der Waals surface area contributed by atoms with Gasteiger partial charge < -0.3 is 10.1 Å². The molecule has 3 nitrogen and oxygen atoms in total. The van der Waals surface area contributed by atoms with E-state index in [0.29, 0.717) is 5.75 Å². The monoisotopic (exact) mass is 278 g/mol. The van der Waals surface area contributed by atoms with Crippen LogP contribution in [0.1, 0.15) is 18.9 Å². The molecule has 106 valence electrons. The number of ether oxygens (including phenoxy) is 1. The van der Waals surface area contributed by atoms with Crippen molar-refractivity contribution in [2.75, 3.05) is 12.4 Å². The summed E-state index contributed by atoms with van der Waals surface area (Å²) in [6, 6.07) is 8.07. The predicted octanol–water partition coefficient (Wildman–Crippen LogP) is 4.15. The highest BCUT2D eigenvalue weighted by molar-refractivity contribution is 5.40. The Morgan fingerprint density at radius 1 is 1.15 bits per heavy atom. The van der Waals surface area contributed by atoms with Gasteiger partial charge in [0.25, 0.3) is 5.88 Å². The topological polar surface area (TPSA) is 34.1 Å². The molecule has 0 spiro atoms. The Morgan fingerprint density at radius 2 is 1.85 bits per heavy atom. The van der Waals surface area contributed by atoms with Crippen LogP contribution in [0, 0.1) is 11.6 Å². The van der Waals surface area contributed by atoms with Gasteiger partial charge in [-0.15, -0.1) is 0 Å². The van der Waals surface area contributed by atoms with Crippen molar-refractivity contribution in [3.8, 4) is 11.6 Å². The standard InChI is InChI=1S/C15H16F2N2O/c1-3-4-10-5-7-11(8-6-10)20-15-13(17)9-12(16)14(18-2)19-15/h5-9H,3-4H2,1-2H3,(H,18,19). The van der Waals surface area contributed by atoms with E-state index in [9.17, 15) is 8.78 Å². The second kappa shape index (κ2) is 6.32. The molecule has 0 saturated heterocycles. The van der Waals surface area contributed by atoms with Crippen molar-refractivity contribution in [2.45, 2.75) is 19.8 Å². The Kier molecular flexibility index (Phi) is 4.50. The van der Waals surface area contributed by atoms with Gasteiger partial charge in [0, 0.05) is 13.1 Å². The Morgan fingerprint density at radius 3 is 2.45 bits per heavy atom. The molecule has 0 aliphatic carbocycles. The van der Waals surface area contributed by atoms with E-state index < -0.39 is 11.6 Å². The molecular weight excluding hydrogens is 262 g/mol. The predicted molar refractivity (Wildman–Crippen MR) is 74.2 cm³/mol. The van der Waals surface area contributed by atoms with Gasteiger partial charge in [0.1, 0.15) is 5.75 Å². The van der Waals surface area contributed by atoms with Crippen molar-refractivity contribution >= 4 is 5.82 Å². The molecule has 5 heteroatoms. The smallest absolute Gasteiger partial charge is 0.258 e. The van der Waals surface area contributed by atoms with Crippen LogP contribution in [-0.2, 0) is 6.42 Å². The van der Waals surface area contributed by atoms with Crippen LogP contribution in [0.4, 0.5) is 14.6 Å². The number of rotatable bonds is 5. The molecule has 0 atom stereocenters. The summed E-state index contributed by atoms with van der Waals surface area (Å²) in [7, 11) is 1.51. The fraction of sp³-hybridized carbons (Fsp3) is 0.267. The van der Waals surface area contributed by atoms with E-state index in [1.165, 1.54) is 12.6 Å². The lowest BCUT2D eigenvalue weighted by Gasteiger charge is -2.09. The highest BCUT2D eigenvalue weighted by Gasteiger charge is 2.12. The minimum Gasteiger partial charge on any atom is -0.436 e. The van der Waals surface area contributed by atoms with Crippen LogP contribution >= 0.6 is 0 Å². The normalized spacial score (nSPS) is 10.4. The number of benzene rings is 1. The number of nitrogens with zero attached hydrogens (tertiary/aromatic N) is 1. The Hall–Kier alpha value is -2.17. The molecule has 1 N–H and O–H groups in total. The van der Waals surface area contributed by atoms with E-state index in [-0.39, 0.29) is 11.7 Å². The molecule has 1 heterocycles. The Balaban J connectivity index is 2.21. The molecule has 2 aromatic rings. The summed E-state index contributed by atoms with van der Waals surface area (Å²) in [5.41, 5.74) is 1.18. The lowest BCUT2D eigenvalue weighted by atomic mass is 10.1. The van der Waals surface area contributed by atoms with Crippen molar-refractivity contribution in [1.29, 1.82) is 0 Å². The minimum atomic E-state index is -0.834. The molecule has 1 aromatic heterocycles. The third kappa shape index (κ3) is 3.23. The average molecular weight is 278 g/mol. The molecule has 2 rings (SSSR count). The van der Waals surface area contributed by atoms with Gasteiger partial charge in [0.05, 0.1) is 0 Å². The van der Waals surface area contributed by atoms with Crippen LogP contribution in [-0.4, -0.2) is 12.0 Å². The van der Waals surface area contributed by atoms with E-state index in [4.69, 9.17) is 4.74 Å². The quantitative estimate of drug-likeness (QED) is 0.892. The fourth-order valence-electron chi connectivity index (χ4n) is 1.82. The van der Waals surface area contributed by atoms with E-state index in [1.807, 2.05) is 12.1 Å². The molecule has 0 unspecified atom stereocenters. The Labute approximate surface area is 116 Å². The summed E-state index contributed by atoms with van der Waals surface area (Å²) in [5, 5.41) is 2.54. The first-order valence-electron chi connectivity index (χ1n) is 6.44. The number of nitrogens with one attached hydrogen (secondary N) is 1. The zero-order valence-corrected chi connectivity index (χ0v) is 11.4. The van der Waals surface area contributed by atoms with Gasteiger partial charge in [-0.3, -0.25) is 0 Å². The van der Waals surface area contributed by atoms with Crippen LogP contribution in [0.15, 0.2) is 30.3 Å². The summed E-state index contributed by atoms with van der Waals surface area (Å²) < 4.78 is 32.2. The SMILES string of the molecule is CCCc1ccc(Oc2nc(NC)c(F)cc2F)cc1. The molecule has 0 amide bonds.